The summed E-state index contributed by atoms with van der Waals surface area (Å²) in [5, 5.41) is 0. The first kappa shape index (κ1) is 23.5. The number of benzene rings is 1. The smallest absolute Gasteiger partial charge is 0.227 e. The number of anilines is 1. The first-order valence-corrected chi connectivity index (χ1v) is 9.30. The molecule has 7 heteroatoms. The first-order chi connectivity index (χ1) is 12.6. The largest absolute Gasteiger partial charge is 0.493 e. The van der Waals surface area contributed by atoms with E-state index in [2.05, 4.69) is 0 Å². The van der Waals surface area contributed by atoms with Gasteiger partial charge in [0.15, 0.2) is 11.5 Å². The lowest BCUT2D eigenvalue weighted by atomic mass is 9.71. The standard InChI is InChI=1S/C20H32N2O4.ClH/c1-24-12-11-22(16-7-8-17(25-2)18(13-16)26-3)19(23)14-20(15-21)9-5-4-6-10-20;/h7-8,13H,4-6,9-12,14-15,21H2,1-3H3;1H. The molecule has 27 heavy (non-hydrogen) atoms. The molecule has 1 aliphatic rings. The number of carbonyl (C=O) groups is 1. The zero-order valence-corrected chi connectivity index (χ0v) is 17.5. The normalized spacial score (nSPS) is 15.6. The maximum Gasteiger partial charge on any atom is 0.227 e. The number of rotatable bonds is 9. The van der Waals surface area contributed by atoms with E-state index in [-0.39, 0.29) is 23.7 Å². The van der Waals surface area contributed by atoms with Crippen molar-refractivity contribution in [3.8, 4) is 11.5 Å². The maximum atomic E-state index is 13.2. The number of ether oxygens (including phenoxy) is 3. The molecule has 1 aliphatic carbocycles. The molecule has 0 heterocycles. The van der Waals surface area contributed by atoms with Gasteiger partial charge in [-0.2, -0.15) is 0 Å². The molecule has 0 spiro atoms. The van der Waals surface area contributed by atoms with Crippen molar-refractivity contribution in [2.24, 2.45) is 11.1 Å². The van der Waals surface area contributed by atoms with E-state index in [1.807, 2.05) is 18.2 Å². The van der Waals surface area contributed by atoms with Gasteiger partial charge in [0.1, 0.15) is 0 Å². The summed E-state index contributed by atoms with van der Waals surface area (Å²) < 4.78 is 15.9. The van der Waals surface area contributed by atoms with E-state index < -0.39 is 0 Å². The molecule has 0 aromatic heterocycles. The highest BCUT2D eigenvalue weighted by atomic mass is 35.5. The Morgan fingerprint density at radius 3 is 2.33 bits per heavy atom. The van der Waals surface area contributed by atoms with Crippen LogP contribution in [0.2, 0.25) is 0 Å². The van der Waals surface area contributed by atoms with Gasteiger partial charge < -0.3 is 24.8 Å². The van der Waals surface area contributed by atoms with Crippen LogP contribution in [0.4, 0.5) is 5.69 Å². The first-order valence-electron chi connectivity index (χ1n) is 9.30. The van der Waals surface area contributed by atoms with E-state index in [1.54, 1.807) is 26.2 Å². The lowest BCUT2D eigenvalue weighted by Crippen LogP contribution is -2.41. The van der Waals surface area contributed by atoms with Gasteiger partial charge in [0.05, 0.1) is 20.8 Å². The lowest BCUT2D eigenvalue weighted by molar-refractivity contribution is -0.121. The second-order valence-corrected chi connectivity index (χ2v) is 7.02. The molecule has 1 amide bonds. The topological polar surface area (TPSA) is 74.0 Å². The molecule has 2 rings (SSSR count). The highest BCUT2D eigenvalue weighted by Gasteiger charge is 2.34. The average molecular weight is 401 g/mol. The van der Waals surface area contributed by atoms with Gasteiger partial charge in [-0.15, -0.1) is 12.4 Å². The van der Waals surface area contributed by atoms with Crippen LogP contribution in [0.25, 0.3) is 0 Å². The Kier molecular flexibility index (Phi) is 9.91. The fourth-order valence-electron chi connectivity index (χ4n) is 3.74. The van der Waals surface area contributed by atoms with Crippen molar-refractivity contribution in [3.63, 3.8) is 0 Å². The molecule has 6 nitrogen and oxygen atoms in total. The monoisotopic (exact) mass is 400 g/mol. The summed E-state index contributed by atoms with van der Waals surface area (Å²) >= 11 is 0. The number of carbonyl (C=O) groups excluding carboxylic acids is 1. The van der Waals surface area contributed by atoms with E-state index in [1.165, 1.54) is 6.42 Å². The van der Waals surface area contributed by atoms with Crippen LogP contribution in [0.15, 0.2) is 18.2 Å². The quantitative estimate of drug-likeness (QED) is 0.687. The second kappa shape index (κ2) is 11.4. The predicted molar refractivity (Wildman–Crippen MR) is 110 cm³/mol. The Hall–Kier alpha value is -1.50. The number of amides is 1. The molecule has 1 saturated carbocycles. The molecule has 1 aromatic carbocycles. The molecule has 0 saturated heterocycles. The van der Waals surface area contributed by atoms with Crippen molar-refractivity contribution in [1.82, 2.24) is 0 Å². The summed E-state index contributed by atoms with van der Waals surface area (Å²) in [5.74, 6) is 1.33. The van der Waals surface area contributed by atoms with Gasteiger partial charge in [-0.3, -0.25) is 4.79 Å². The van der Waals surface area contributed by atoms with Gasteiger partial charge in [-0.25, -0.2) is 0 Å². The molecule has 0 aliphatic heterocycles. The molecule has 0 bridgehead atoms. The minimum atomic E-state index is -0.0722. The number of methoxy groups -OCH3 is 3. The Morgan fingerprint density at radius 1 is 1.11 bits per heavy atom. The number of hydrogen-bond donors (Lipinski definition) is 1. The SMILES string of the molecule is COCCN(C(=O)CC1(CN)CCCCC1)c1ccc(OC)c(OC)c1.Cl. The van der Waals surface area contributed by atoms with Crippen LogP contribution >= 0.6 is 12.4 Å². The van der Waals surface area contributed by atoms with Crippen molar-refractivity contribution >= 4 is 24.0 Å². The van der Waals surface area contributed by atoms with Gasteiger partial charge in [-0.1, -0.05) is 19.3 Å². The highest BCUT2D eigenvalue weighted by Crippen LogP contribution is 2.39. The molecular formula is C20H33ClN2O4. The van der Waals surface area contributed by atoms with Crippen molar-refractivity contribution < 1.29 is 19.0 Å². The van der Waals surface area contributed by atoms with Gasteiger partial charge in [0.2, 0.25) is 5.91 Å². The molecule has 0 unspecified atom stereocenters. The third-order valence-corrected chi connectivity index (χ3v) is 5.37. The summed E-state index contributed by atoms with van der Waals surface area (Å²) in [6.07, 6.45) is 6.07. The van der Waals surface area contributed by atoms with Gasteiger partial charge in [0, 0.05) is 31.8 Å². The van der Waals surface area contributed by atoms with Crippen LogP contribution in [0, 0.1) is 5.41 Å². The second-order valence-electron chi connectivity index (χ2n) is 7.02. The summed E-state index contributed by atoms with van der Waals surface area (Å²) in [6, 6.07) is 5.54. The average Bonchev–Trinajstić information content (AvgIpc) is 2.68. The van der Waals surface area contributed by atoms with E-state index >= 15 is 0 Å². The van der Waals surface area contributed by atoms with Crippen LogP contribution in [0.3, 0.4) is 0 Å². The van der Waals surface area contributed by atoms with Gasteiger partial charge in [0.25, 0.3) is 0 Å². The Balaban J connectivity index is 0.00000364. The third kappa shape index (κ3) is 5.99. The van der Waals surface area contributed by atoms with Gasteiger partial charge >= 0.3 is 0 Å². The van der Waals surface area contributed by atoms with E-state index in [9.17, 15) is 4.79 Å². The summed E-state index contributed by atoms with van der Waals surface area (Å²) in [7, 11) is 4.83. The Labute approximate surface area is 168 Å². The molecule has 0 radical (unpaired) electrons. The number of halogens is 1. The van der Waals surface area contributed by atoms with Crippen molar-refractivity contribution in [1.29, 1.82) is 0 Å². The molecule has 1 fully saturated rings. The highest BCUT2D eigenvalue weighted by molar-refractivity contribution is 5.94. The Bertz CT molecular complexity index is 591. The van der Waals surface area contributed by atoms with Crippen molar-refractivity contribution in [3.05, 3.63) is 18.2 Å². The molecule has 1 aromatic rings. The minimum absolute atomic E-state index is 0. The maximum absolute atomic E-state index is 13.2. The zero-order valence-electron chi connectivity index (χ0n) is 16.7. The van der Waals surface area contributed by atoms with Crippen molar-refractivity contribution in [2.45, 2.75) is 38.5 Å². The predicted octanol–water partition coefficient (Wildman–Crippen LogP) is 3.40. The number of hydrogen-bond acceptors (Lipinski definition) is 5. The van der Waals surface area contributed by atoms with Crippen LogP contribution in [0.1, 0.15) is 38.5 Å². The minimum Gasteiger partial charge on any atom is -0.493 e. The van der Waals surface area contributed by atoms with E-state index in [4.69, 9.17) is 19.9 Å². The molecule has 0 atom stereocenters. The fourth-order valence-corrected chi connectivity index (χ4v) is 3.74. The van der Waals surface area contributed by atoms with E-state index in [0.29, 0.717) is 37.6 Å². The molecule has 154 valence electrons. The molecular weight excluding hydrogens is 368 g/mol. The van der Waals surface area contributed by atoms with E-state index in [0.717, 1.165) is 31.4 Å². The molecule has 2 N–H and O–H groups in total. The van der Waals surface area contributed by atoms with Crippen LogP contribution in [0.5, 0.6) is 11.5 Å². The van der Waals surface area contributed by atoms with Gasteiger partial charge in [-0.05, 0) is 36.9 Å². The summed E-state index contributed by atoms with van der Waals surface area (Å²) in [5.41, 5.74) is 6.79. The van der Waals surface area contributed by atoms with Crippen LogP contribution < -0.4 is 20.1 Å². The summed E-state index contributed by atoms with van der Waals surface area (Å²) in [6.45, 7) is 1.52. The number of nitrogens with zero attached hydrogens (tertiary/aromatic N) is 1. The third-order valence-electron chi connectivity index (χ3n) is 5.37. The zero-order chi connectivity index (χ0) is 19.0. The van der Waals surface area contributed by atoms with Crippen molar-refractivity contribution in [2.75, 3.05) is 45.9 Å². The lowest BCUT2D eigenvalue weighted by Gasteiger charge is -2.37. The van der Waals surface area contributed by atoms with Crippen LogP contribution in [-0.4, -0.2) is 46.9 Å². The van der Waals surface area contributed by atoms with Crippen LogP contribution in [-0.2, 0) is 9.53 Å². The summed E-state index contributed by atoms with van der Waals surface area (Å²) in [4.78, 5) is 15.0. The fraction of sp³-hybridized carbons (Fsp3) is 0.650. The number of nitrogens with two attached hydrogens (primary N) is 1. The Morgan fingerprint density at radius 2 is 1.78 bits per heavy atom.